The van der Waals surface area contributed by atoms with E-state index in [1.54, 1.807) is 54.7 Å². The third kappa shape index (κ3) is 6.84. The van der Waals surface area contributed by atoms with E-state index in [1.165, 1.54) is 7.11 Å². The van der Waals surface area contributed by atoms with Crippen molar-refractivity contribution in [2.24, 2.45) is 4.99 Å². The Balaban J connectivity index is 1.51. The zero-order valence-electron chi connectivity index (χ0n) is 18.8. The number of nitrogens with one attached hydrogen (secondary N) is 3. The molecule has 0 saturated heterocycles. The van der Waals surface area contributed by atoms with Gasteiger partial charge in [0, 0.05) is 18.8 Å². The zero-order valence-corrected chi connectivity index (χ0v) is 18.8. The van der Waals surface area contributed by atoms with Crippen LogP contribution < -0.4 is 16.2 Å². The van der Waals surface area contributed by atoms with Crippen LogP contribution in [-0.2, 0) is 11.3 Å². The first-order valence-corrected chi connectivity index (χ1v) is 10.3. The number of rotatable bonds is 9. The number of urea groups is 1. The number of benzene rings is 3. The molecule has 3 rings (SSSR count). The van der Waals surface area contributed by atoms with E-state index in [0.29, 0.717) is 11.3 Å². The number of carbonyl (C=O) groups is 2. The molecule has 0 radical (unpaired) electrons. The van der Waals surface area contributed by atoms with E-state index in [1.807, 2.05) is 0 Å². The molecule has 0 spiro atoms. The molecule has 0 aliphatic rings. The van der Waals surface area contributed by atoms with Crippen LogP contribution >= 0.6 is 0 Å². The molecule has 0 aliphatic carbocycles. The minimum Gasteiger partial charge on any atom is -0.465 e. The summed E-state index contributed by atoms with van der Waals surface area (Å²) in [5.41, 5.74) is 6.21. The lowest BCUT2D eigenvalue weighted by atomic mass is 10.1. The number of carbonyl (C=O) groups excluding carboxylic acids is 2. The van der Waals surface area contributed by atoms with Crippen LogP contribution in [0.25, 0.3) is 0 Å². The highest BCUT2D eigenvalue weighted by molar-refractivity contribution is 5.91. The lowest BCUT2D eigenvalue weighted by Crippen LogP contribution is -2.38. The summed E-state index contributed by atoms with van der Waals surface area (Å²) in [5, 5.41) is 24.5. The van der Waals surface area contributed by atoms with Crippen LogP contribution in [-0.4, -0.2) is 35.2 Å². The van der Waals surface area contributed by atoms with Crippen molar-refractivity contribution in [2.75, 3.05) is 12.5 Å². The quantitative estimate of drug-likeness (QED) is 0.174. The molecular weight excluding hydrogens is 472 g/mol. The van der Waals surface area contributed by atoms with Gasteiger partial charge >= 0.3 is 17.7 Å². The van der Waals surface area contributed by atoms with Crippen LogP contribution in [0.5, 0.6) is 0 Å². The molecule has 0 aromatic heterocycles. The molecule has 0 fully saturated rings. The Morgan fingerprint density at radius 3 is 2.28 bits per heavy atom. The van der Waals surface area contributed by atoms with Crippen molar-refractivity contribution >= 4 is 41.0 Å². The van der Waals surface area contributed by atoms with E-state index < -0.39 is 33.2 Å². The van der Waals surface area contributed by atoms with Crippen molar-refractivity contribution in [3.8, 4) is 0 Å². The third-order valence-corrected chi connectivity index (χ3v) is 4.78. The monoisotopic (exact) mass is 492 g/mol. The average molecular weight is 492 g/mol. The van der Waals surface area contributed by atoms with Crippen molar-refractivity contribution in [1.82, 2.24) is 10.7 Å². The highest BCUT2D eigenvalue weighted by Crippen LogP contribution is 2.28. The van der Waals surface area contributed by atoms with Crippen molar-refractivity contribution in [3.05, 3.63) is 104 Å². The summed E-state index contributed by atoms with van der Waals surface area (Å²) in [5.74, 6) is -0.417. The Morgan fingerprint density at radius 1 is 0.972 bits per heavy atom. The number of non-ortho nitro benzene ring substituents is 1. The summed E-state index contributed by atoms with van der Waals surface area (Å²) in [6.07, 6.45) is 1.64. The van der Waals surface area contributed by atoms with Crippen LogP contribution in [0.3, 0.4) is 0 Å². The van der Waals surface area contributed by atoms with Crippen molar-refractivity contribution < 1.29 is 24.2 Å². The van der Waals surface area contributed by atoms with Gasteiger partial charge in [-0.3, -0.25) is 36.1 Å². The summed E-state index contributed by atoms with van der Waals surface area (Å²) in [6.45, 7) is 0.162. The number of ether oxygens (including phenoxy) is 1. The van der Waals surface area contributed by atoms with Crippen LogP contribution in [0.2, 0.25) is 0 Å². The molecular formula is C23H20N6O7. The minimum atomic E-state index is -0.795. The Hall–Kier alpha value is -5.33. The number of hydrogen-bond acceptors (Lipinski definition) is 9. The maximum absolute atomic E-state index is 12.0. The lowest BCUT2D eigenvalue weighted by Gasteiger charge is -2.10. The number of hydrogen-bond donors (Lipinski definition) is 3. The number of anilines is 1. The number of aliphatic imine (C=N–C) groups is 1. The fourth-order valence-corrected chi connectivity index (χ4v) is 2.91. The lowest BCUT2D eigenvalue weighted by molar-refractivity contribution is -0.393. The summed E-state index contributed by atoms with van der Waals surface area (Å²) < 4.78 is 4.66. The topological polar surface area (TPSA) is 178 Å². The molecule has 3 aromatic carbocycles. The van der Waals surface area contributed by atoms with Gasteiger partial charge in [-0.2, -0.15) is 0 Å². The molecule has 0 heterocycles. The largest absolute Gasteiger partial charge is 0.465 e. The van der Waals surface area contributed by atoms with Crippen LogP contribution in [0.4, 0.5) is 27.5 Å². The summed E-state index contributed by atoms with van der Waals surface area (Å²) in [7, 11) is 1.32. The number of nitrogens with zero attached hydrogens (tertiary/aromatic N) is 3. The summed E-state index contributed by atoms with van der Waals surface area (Å²) in [4.78, 5) is 48.3. The first-order chi connectivity index (χ1) is 17.3. The molecule has 0 unspecified atom stereocenters. The SMILES string of the molecule is COC(=O)c1ccc(C=Nc2ccc(CNC(=O)NNc3ccc([N+](=O)[O-])cc3[N+](=O)[O-])cc2)cc1. The second-order valence-corrected chi connectivity index (χ2v) is 7.19. The van der Waals surface area contributed by atoms with E-state index in [-0.39, 0.29) is 12.2 Å². The number of methoxy groups -OCH3 is 1. The third-order valence-electron chi connectivity index (χ3n) is 4.78. The van der Waals surface area contributed by atoms with Gasteiger partial charge in [0.25, 0.3) is 5.69 Å². The van der Waals surface area contributed by atoms with Gasteiger partial charge < -0.3 is 10.1 Å². The number of hydrazine groups is 1. The van der Waals surface area contributed by atoms with Gasteiger partial charge in [0.05, 0.1) is 34.3 Å². The maximum Gasteiger partial charge on any atom is 0.337 e. The van der Waals surface area contributed by atoms with Gasteiger partial charge in [0.2, 0.25) is 0 Å². The molecule has 3 aromatic rings. The van der Waals surface area contributed by atoms with E-state index in [0.717, 1.165) is 29.3 Å². The molecule has 3 N–H and O–H groups in total. The summed E-state index contributed by atoms with van der Waals surface area (Å²) in [6, 6.07) is 16.1. The van der Waals surface area contributed by atoms with Gasteiger partial charge in [0.1, 0.15) is 5.69 Å². The highest BCUT2D eigenvalue weighted by atomic mass is 16.6. The minimum absolute atomic E-state index is 0.108. The van der Waals surface area contributed by atoms with Gasteiger partial charge in [-0.15, -0.1) is 0 Å². The molecule has 184 valence electrons. The number of nitro groups is 2. The molecule has 13 nitrogen and oxygen atoms in total. The van der Waals surface area contributed by atoms with E-state index in [9.17, 15) is 29.8 Å². The molecule has 0 atom stereocenters. The Morgan fingerprint density at radius 2 is 1.67 bits per heavy atom. The number of esters is 1. The van der Waals surface area contributed by atoms with Crippen LogP contribution in [0.15, 0.2) is 71.7 Å². The highest BCUT2D eigenvalue weighted by Gasteiger charge is 2.19. The van der Waals surface area contributed by atoms with Crippen LogP contribution in [0.1, 0.15) is 21.5 Å². The fourth-order valence-electron chi connectivity index (χ4n) is 2.91. The fraction of sp³-hybridized carbons (Fsp3) is 0.0870. The first-order valence-electron chi connectivity index (χ1n) is 10.3. The van der Waals surface area contributed by atoms with E-state index in [4.69, 9.17) is 0 Å². The molecule has 36 heavy (non-hydrogen) atoms. The first kappa shape index (κ1) is 25.3. The standard InChI is InChI=1S/C23H20N6O7/c1-36-22(30)17-6-2-15(3-7-17)13-24-18-8-4-16(5-9-18)14-25-23(31)27-26-20-11-10-19(28(32)33)12-21(20)29(34)35/h2-13,26H,14H2,1H3,(H2,25,27,31). The smallest absolute Gasteiger partial charge is 0.337 e. The Labute approximate surface area is 204 Å². The van der Waals surface area contributed by atoms with Crippen LogP contribution in [0, 0.1) is 20.2 Å². The molecule has 0 bridgehead atoms. The van der Waals surface area contributed by atoms with Crippen molar-refractivity contribution in [1.29, 1.82) is 0 Å². The van der Waals surface area contributed by atoms with Crippen molar-refractivity contribution in [2.45, 2.75) is 6.54 Å². The van der Waals surface area contributed by atoms with E-state index in [2.05, 4.69) is 25.9 Å². The van der Waals surface area contributed by atoms with Gasteiger partial charge in [0.15, 0.2) is 0 Å². The molecule has 0 saturated carbocycles. The van der Waals surface area contributed by atoms with Gasteiger partial charge in [-0.25, -0.2) is 9.59 Å². The van der Waals surface area contributed by atoms with Gasteiger partial charge in [-0.05, 0) is 41.5 Å². The Kier molecular flexibility index (Phi) is 8.22. The number of nitro benzene ring substituents is 2. The normalized spacial score (nSPS) is 10.5. The van der Waals surface area contributed by atoms with E-state index >= 15 is 0 Å². The predicted molar refractivity (Wildman–Crippen MR) is 130 cm³/mol. The molecule has 13 heteroatoms. The van der Waals surface area contributed by atoms with Gasteiger partial charge in [-0.1, -0.05) is 24.3 Å². The summed E-state index contributed by atoms with van der Waals surface area (Å²) >= 11 is 0. The Bertz CT molecular complexity index is 1310. The predicted octanol–water partition coefficient (Wildman–Crippen LogP) is 3.87. The second-order valence-electron chi connectivity index (χ2n) is 7.19. The van der Waals surface area contributed by atoms with Crippen molar-refractivity contribution in [3.63, 3.8) is 0 Å². The number of amides is 2. The molecule has 2 amide bonds. The zero-order chi connectivity index (χ0) is 26.1. The molecule has 0 aliphatic heterocycles. The second kappa shape index (κ2) is 11.7. The average Bonchev–Trinajstić information content (AvgIpc) is 2.89. The maximum atomic E-state index is 12.0.